The molecule has 3 rings (SSSR count). The zero-order valence-electron chi connectivity index (χ0n) is 14.6. The molecular formula is C22H19ClN2O2. The van der Waals surface area contributed by atoms with Crippen LogP contribution in [0, 0.1) is 0 Å². The second kappa shape index (κ2) is 9.01. The van der Waals surface area contributed by atoms with E-state index in [2.05, 4.69) is 10.6 Å². The quantitative estimate of drug-likeness (QED) is 0.665. The Morgan fingerprint density at radius 3 is 2.30 bits per heavy atom. The molecule has 4 nitrogen and oxygen atoms in total. The third-order valence-corrected chi connectivity index (χ3v) is 4.23. The van der Waals surface area contributed by atoms with Crippen molar-refractivity contribution in [1.29, 1.82) is 0 Å². The van der Waals surface area contributed by atoms with Gasteiger partial charge in [-0.25, -0.2) is 0 Å². The number of carbonyl (C=O) groups is 2. The van der Waals surface area contributed by atoms with Gasteiger partial charge in [0.2, 0.25) is 5.91 Å². The molecule has 0 aliphatic heterocycles. The standard InChI is InChI=1S/C22H19ClN2O2/c23-18-10-6-9-17(13-18)14-21(26)25-20-12-5-4-11-19(20)22(27)24-15-16-7-2-1-3-8-16/h1-13H,14-15H2,(H,24,27)(H,25,26). The fourth-order valence-corrected chi connectivity index (χ4v) is 2.90. The maximum Gasteiger partial charge on any atom is 0.253 e. The number of amides is 2. The van der Waals surface area contributed by atoms with Crippen LogP contribution >= 0.6 is 11.6 Å². The molecule has 0 heterocycles. The van der Waals surface area contributed by atoms with Crippen molar-refractivity contribution in [3.8, 4) is 0 Å². The van der Waals surface area contributed by atoms with Gasteiger partial charge in [-0.1, -0.05) is 66.2 Å². The molecule has 2 N–H and O–H groups in total. The van der Waals surface area contributed by atoms with E-state index in [1.165, 1.54) is 0 Å². The molecule has 0 aliphatic rings. The first-order valence-corrected chi connectivity index (χ1v) is 8.95. The molecule has 5 heteroatoms. The van der Waals surface area contributed by atoms with E-state index in [0.29, 0.717) is 22.8 Å². The SMILES string of the molecule is O=C(Cc1cccc(Cl)c1)Nc1ccccc1C(=O)NCc1ccccc1. The summed E-state index contributed by atoms with van der Waals surface area (Å²) < 4.78 is 0. The molecule has 2 amide bonds. The van der Waals surface area contributed by atoms with Gasteiger partial charge in [0.1, 0.15) is 0 Å². The molecule has 3 aromatic rings. The normalized spacial score (nSPS) is 10.3. The lowest BCUT2D eigenvalue weighted by Crippen LogP contribution is -2.25. The van der Waals surface area contributed by atoms with Crippen LogP contribution in [0.5, 0.6) is 0 Å². The zero-order valence-corrected chi connectivity index (χ0v) is 15.4. The highest BCUT2D eigenvalue weighted by molar-refractivity contribution is 6.30. The number of hydrogen-bond donors (Lipinski definition) is 2. The van der Waals surface area contributed by atoms with Gasteiger partial charge in [-0.05, 0) is 35.4 Å². The van der Waals surface area contributed by atoms with Gasteiger partial charge in [0, 0.05) is 11.6 Å². The lowest BCUT2D eigenvalue weighted by molar-refractivity contribution is -0.115. The van der Waals surface area contributed by atoms with Crippen LogP contribution in [-0.4, -0.2) is 11.8 Å². The number of benzene rings is 3. The molecule has 0 fully saturated rings. The summed E-state index contributed by atoms with van der Waals surface area (Å²) in [4.78, 5) is 24.9. The summed E-state index contributed by atoms with van der Waals surface area (Å²) in [5.41, 5.74) is 2.72. The van der Waals surface area contributed by atoms with Crippen molar-refractivity contribution >= 4 is 29.1 Å². The van der Waals surface area contributed by atoms with Crippen LogP contribution in [0.2, 0.25) is 5.02 Å². The van der Waals surface area contributed by atoms with Gasteiger partial charge in [-0.15, -0.1) is 0 Å². The van der Waals surface area contributed by atoms with E-state index in [9.17, 15) is 9.59 Å². The maximum absolute atomic E-state index is 12.5. The van der Waals surface area contributed by atoms with Crippen molar-refractivity contribution in [2.75, 3.05) is 5.32 Å². The lowest BCUT2D eigenvalue weighted by Gasteiger charge is -2.12. The Morgan fingerprint density at radius 1 is 0.815 bits per heavy atom. The molecule has 0 radical (unpaired) electrons. The summed E-state index contributed by atoms with van der Waals surface area (Å²) >= 11 is 5.96. The molecular weight excluding hydrogens is 360 g/mol. The van der Waals surface area contributed by atoms with E-state index in [1.807, 2.05) is 36.4 Å². The number of hydrogen-bond acceptors (Lipinski definition) is 2. The second-order valence-electron chi connectivity index (χ2n) is 6.07. The van der Waals surface area contributed by atoms with Gasteiger partial charge in [-0.2, -0.15) is 0 Å². The van der Waals surface area contributed by atoms with Crippen LogP contribution in [-0.2, 0) is 17.8 Å². The Balaban J connectivity index is 1.66. The number of para-hydroxylation sites is 1. The van der Waals surface area contributed by atoms with Crippen LogP contribution in [0.4, 0.5) is 5.69 Å². The predicted octanol–water partition coefficient (Wildman–Crippen LogP) is 4.45. The third kappa shape index (κ3) is 5.43. The van der Waals surface area contributed by atoms with Gasteiger partial charge in [-0.3, -0.25) is 9.59 Å². The number of nitrogens with one attached hydrogen (secondary N) is 2. The van der Waals surface area contributed by atoms with Crippen molar-refractivity contribution in [3.05, 3.63) is 101 Å². The van der Waals surface area contributed by atoms with Crippen LogP contribution < -0.4 is 10.6 Å². The van der Waals surface area contributed by atoms with Crippen molar-refractivity contribution in [2.45, 2.75) is 13.0 Å². The Labute approximate surface area is 163 Å². The number of anilines is 1. The zero-order chi connectivity index (χ0) is 19.1. The molecule has 0 saturated carbocycles. The average Bonchev–Trinajstić information content (AvgIpc) is 2.67. The molecule has 0 spiro atoms. The maximum atomic E-state index is 12.5. The van der Waals surface area contributed by atoms with E-state index in [0.717, 1.165) is 11.1 Å². The fraction of sp³-hybridized carbons (Fsp3) is 0.0909. The summed E-state index contributed by atoms with van der Waals surface area (Å²) in [5.74, 6) is -0.446. The number of halogens is 1. The van der Waals surface area contributed by atoms with Crippen LogP contribution in [0.1, 0.15) is 21.5 Å². The highest BCUT2D eigenvalue weighted by atomic mass is 35.5. The van der Waals surface area contributed by atoms with E-state index in [1.54, 1.807) is 42.5 Å². The summed E-state index contributed by atoms with van der Waals surface area (Å²) in [6, 6.07) is 23.8. The summed E-state index contributed by atoms with van der Waals surface area (Å²) in [6.07, 6.45) is 0.181. The Bertz CT molecular complexity index is 942. The van der Waals surface area contributed by atoms with Crippen molar-refractivity contribution in [1.82, 2.24) is 5.32 Å². The van der Waals surface area contributed by atoms with Crippen LogP contribution in [0.3, 0.4) is 0 Å². The van der Waals surface area contributed by atoms with E-state index >= 15 is 0 Å². The summed E-state index contributed by atoms with van der Waals surface area (Å²) in [5, 5.41) is 6.28. The van der Waals surface area contributed by atoms with Gasteiger partial charge >= 0.3 is 0 Å². The highest BCUT2D eigenvalue weighted by Gasteiger charge is 2.13. The average molecular weight is 379 g/mol. The Morgan fingerprint density at radius 2 is 1.52 bits per heavy atom. The first kappa shape index (κ1) is 18.7. The van der Waals surface area contributed by atoms with Gasteiger partial charge in [0.15, 0.2) is 0 Å². The molecule has 3 aromatic carbocycles. The molecule has 0 aliphatic carbocycles. The smallest absolute Gasteiger partial charge is 0.253 e. The molecule has 136 valence electrons. The number of carbonyl (C=O) groups excluding carboxylic acids is 2. The Kier molecular flexibility index (Phi) is 6.23. The summed E-state index contributed by atoms with van der Waals surface area (Å²) in [7, 11) is 0. The number of rotatable bonds is 6. The van der Waals surface area contributed by atoms with Crippen LogP contribution in [0.15, 0.2) is 78.9 Å². The Hall–Kier alpha value is -3.11. The highest BCUT2D eigenvalue weighted by Crippen LogP contribution is 2.17. The molecule has 27 heavy (non-hydrogen) atoms. The molecule has 0 atom stereocenters. The van der Waals surface area contributed by atoms with Gasteiger partial charge in [0.25, 0.3) is 5.91 Å². The van der Waals surface area contributed by atoms with E-state index in [4.69, 9.17) is 11.6 Å². The van der Waals surface area contributed by atoms with E-state index < -0.39 is 0 Å². The first-order valence-electron chi connectivity index (χ1n) is 8.57. The van der Waals surface area contributed by atoms with Crippen molar-refractivity contribution in [3.63, 3.8) is 0 Å². The minimum absolute atomic E-state index is 0.181. The lowest BCUT2D eigenvalue weighted by atomic mass is 10.1. The third-order valence-electron chi connectivity index (χ3n) is 4.00. The first-order chi connectivity index (χ1) is 13.1. The minimum atomic E-state index is -0.238. The molecule has 0 aromatic heterocycles. The molecule has 0 unspecified atom stereocenters. The fourth-order valence-electron chi connectivity index (χ4n) is 2.69. The topological polar surface area (TPSA) is 58.2 Å². The van der Waals surface area contributed by atoms with Gasteiger partial charge in [0.05, 0.1) is 17.7 Å². The van der Waals surface area contributed by atoms with Crippen molar-refractivity contribution in [2.24, 2.45) is 0 Å². The van der Waals surface area contributed by atoms with E-state index in [-0.39, 0.29) is 18.2 Å². The predicted molar refractivity (Wildman–Crippen MR) is 108 cm³/mol. The second-order valence-corrected chi connectivity index (χ2v) is 6.51. The van der Waals surface area contributed by atoms with Crippen molar-refractivity contribution < 1.29 is 9.59 Å². The molecule has 0 bridgehead atoms. The largest absolute Gasteiger partial charge is 0.348 e. The molecule has 0 saturated heterocycles. The monoisotopic (exact) mass is 378 g/mol. The van der Waals surface area contributed by atoms with Crippen LogP contribution in [0.25, 0.3) is 0 Å². The minimum Gasteiger partial charge on any atom is -0.348 e. The summed E-state index contributed by atoms with van der Waals surface area (Å²) in [6.45, 7) is 0.421. The van der Waals surface area contributed by atoms with Gasteiger partial charge < -0.3 is 10.6 Å².